The van der Waals surface area contributed by atoms with Crippen LogP contribution in [0.15, 0.2) is 48.8 Å². The fourth-order valence-corrected chi connectivity index (χ4v) is 2.86. The van der Waals surface area contributed by atoms with E-state index >= 15 is 0 Å². The average molecular weight is 353 g/mol. The van der Waals surface area contributed by atoms with Crippen molar-refractivity contribution >= 4 is 16.9 Å². The van der Waals surface area contributed by atoms with Gasteiger partial charge in [0.25, 0.3) is 0 Å². The summed E-state index contributed by atoms with van der Waals surface area (Å²) in [6.45, 7) is 1.26. The number of rotatable bonds is 8. The van der Waals surface area contributed by atoms with E-state index in [9.17, 15) is 4.79 Å². The van der Waals surface area contributed by atoms with Crippen molar-refractivity contribution < 1.29 is 14.3 Å². The summed E-state index contributed by atoms with van der Waals surface area (Å²) >= 11 is 0. The van der Waals surface area contributed by atoms with Crippen LogP contribution < -0.4 is 14.8 Å². The summed E-state index contributed by atoms with van der Waals surface area (Å²) in [6.07, 6.45) is 2.85. The number of ether oxygens (including phenoxy) is 2. The Morgan fingerprint density at radius 1 is 1.12 bits per heavy atom. The largest absolute Gasteiger partial charge is 0.497 e. The molecular weight excluding hydrogens is 330 g/mol. The van der Waals surface area contributed by atoms with E-state index < -0.39 is 0 Å². The quantitative estimate of drug-likeness (QED) is 0.676. The molecule has 0 saturated heterocycles. The van der Waals surface area contributed by atoms with Gasteiger partial charge in [0.1, 0.15) is 11.5 Å². The molecule has 0 saturated carbocycles. The minimum absolute atomic E-state index is 0.0243. The first-order valence-corrected chi connectivity index (χ1v) is 8.58. The molecule has 6 nitrogen and oxygen atoms in total. The summed E-state index contributed by atoms with van der Waals surface area (Å²) in [5.74, 6) is 1.48. The molecule has 136 valence electrons. The van der Waals surface area contributed by atoms with Crippen LogP contribution in [-0.4, -0.2) is 36.2 Å². The molecule has 2 aromatic carbocycles. The lowest BCUT2D eigenvalue weighted by atomic mass is 10.1. The number of benzene rings is 2. The number of aryl methyl sites for hydroxylation is 1. The van der Waals surface area contributed by atoms with Crippen LogP contribution in [0.4, 0.5) is 0 Å². The number of imidazole rings is 1. The Bertz CT molecular complexity index is 867. The van der Waals surface area contributed by atoms with Crippen molar-refractivity contribution in [1.82, 2.24) is 14.9 Å². The van der Waals surface area contributed by atoms with E-state index in [1.54, 1.807) is 20.5 Å². The highest BCUT2D eigenvalue weighted by atomic mass is 16.5. The molecule has 0 atom stereocenters. The Morgan fingerprint density at radius 3 is 2.58 bits per heavy atom. The number of aromatic nitrogens is 2. The molecule has 0 spiro atoms. The number of amides is 1. The second-order valence-corrected chi connectivity index (χ2v) is 6.00. The number of carbonyl (C=O) groups excluding carboxylic acids is 1. The van der Waals surface area contributed by atoms with Crippen molar-refractivity contribution in [3.63, 3.8) is 0 Å². The van der Waals surface area contributed by atoms with E-state index in [0.717, 1.165) is 28.1 Å². The number of carbonyl (C=O) groups is 1. The third-order valence-corrected chi connectivity index (χ3v) is 4.25. The zero-order valence-electron chi connectivity index (χ0n) is 15.1. The molecule has 0 aliphatic heterocycles. The lowest BCUT2D eigenvalue weighted by molar-refractivity contribution is -0.121. The maximum absolute atomic E-state index is 12.1. The molecule has 0 aliphatic rings. The van der Waals surface area contributed by atoms with Gasteiger partial charge in [-0.3, -0.25) is 4.79 Å². The van der Waals surface area contributed by atoms with Gasteiger partial charge in [0.05, 0.1) is 31.6 Å². The van der Waals surface area contributed by atoms with Gasteiger partial charge in [-0.1, -0.05) is 12.1 Å². The first-order valence-electron chi connectivity index (χ1n) is 8.58. The minimum Gasteiger partial charge on any atom is -0.497 e. The van der Waals surface area contributed by atoms with Gasteiger partial charge in [0, 0.05) is 25.6 Å². The van der Waals surface area contributed by atoms with E-state index in [1.807, 2.05) is 47.0 Å². The molecule has 1 aromatic heterocycles. The van der Waals surface area contributed by atoms with E-state index in [1.165, 1.54) is 0 Å². The van der Waals surface area contributed by atoms with Crippen LogP contribution in [0.5, 0.6) is 11.5 Å². The Kier molecular flexibility index (Phi) is 5.73. The van der Waals surface area contributed by atoms with E-state index in [2.05, 4.69) is 10.3 Å². The van der Waals surface area contributed by atoms with Crippen molar-refractivity contribution in [2.45, 2.75) is 19.4 Å². The molecule has 0 radical (unpaired) electrons. The number of hydrogen-bond donors (Lipinski definition) is 1. The number of nitrogens with one attached hydrogen (secondary N) is 1. The van der Waals surface area contributed by atoms with E-state index in [0.29, 0.717) is 25.9 Å². The Morgan fingerprint density at radius 2 is 1.85 bits per heavy atom. The van der Waals surface area contributed by atoms with E-state index in [4.69, 9.17) is 9.47 Å². The smallest absolute Gasteiger partial charge is 0.220 e. The van der Waals surface area contributed by atoms with Gasteiger partial charge in [-0.15, -0.1) is 0 Å². The van der Waals surface area contributed by atoms with E-state index in [-0.39, 0.29) is 5.91 Å². The van der Waals surface area contributed by atoms with Crippen LogP contribution in [0.3, 0.4) is 0 Å². The van der Waals surface area contributed by atoms with Gasteiger partial charge >= 0.3 is 0 Å². The second kappa shape index (κ2) is 8.38. The zero-order chi connectivity index (χ0) is 18.4. The predicted octanol–water partition coefficient (Wildman–Crippen LogP) is 2.80. The topological polar surface area (TPSA) is 65.4 Å². The van der Waals surface area contributed by atoms with Crippen LogP contribution in [-0.2, 0) is 17.8 Å². The number of methoxy groups -OCH3 is 2. The van der Waals surface area contributed by atoms with Gasteiger partial charge in [0.2, 0.25) is 5.91 Å². The lowest BCUT2D eigenvalue weighted by Crippen LogP contribution is -2.27. The van der Waals surface area contributed by atoms with Gasteiger partial charge in [0.15, 0.2) is 0 Å². The molecule has 1 heterocycles. The SMILES string of the molecule is COc1cc(CCC(=O)NCCn2cnc3ccccc32)cc(OC)c1. The monoisotopic (exact) mass is 353 g/mol. The first-order chi connectivity index (χ1) is 12.7. The van der Waals surface area contributed by atoms with Crippen molar-refractivity contribution in [3.05, 3.63) is 54.4 Å². The highest BCUT2D eigenvalue weighted by Gasteiger charge is 2.06. The molecule has 0 unspecified atom stereocenters. The van der Waals surface area contributed by atoms with Gasteiger partial charge in [-0.25, -0.2) is 4.98 Å². The van der Waals surface area contributed by atoms with Crippen molar-refractivity contribution in [3.8, 4) is 11.5 Å². The standard InChI is InChI=1S/C20H23N3O3/c1-25-16-11-15(12-17(13-16)26-2)7-8-20(24)21-9-10-23-14-22-18-5-3-4-6-19(18)23/h3-6,11-14H,7-10H2,1-2H3,(H,21,24). The summed E-state index contributed by atoms with van der Waals surface area (Å²) in [5.41, 5.74) is 3.05. The molecular formula is C20H23N3O3. The van der Waals surface area contributed by atoms with Gasteiger partial charge in [-0.2, -0.15) is 0 Å². The van der Waals surface area contributed by atoms with Crippen molar-refractivity contribution in [2.24, 2.45) is 0 Å². The third-order valence-electron chi connectivity index (χ3n) is 4.25. The van der Waals surface area contributed by atoms with Crippen molar-refractivity contribution in [2.75, 3.05) is 20.8 Å². The van der Waals surface area contributed by atoms with Gasteiger partial charge < -0.3 is 19.4 Å². The summed E-state index contributed by atoms with van der Waals surface area (Å²) in [6, 6.07) is 13.6. The number of para-hydroxylation sites is 2. The summed E-state index contributed by atoms with van der Waals surface area (Å²) in [4.78, 5) is 16.5. The maximum atomic E-state index is 12.1. The van der Waals surface area contributed by atoms with Crippen LogP contribution in [0.1, 0.15) is 12.0 Å². The van der Waals surface area contributed by atoms with Crippen LogP contribution in [0.25, 0.3) is 11.0 Å². The molecule has 1 amide bonds. The predicted molar refractivity (Wildman–Crippen MR) is 101 cm³/mol. The van der Waals surface area contributed by atoms with Gasteiger partial charge in [-0.05, 0) is 36.2 Å². The van der Waals surface area contributed by atoms with Crippen LogP contribution in [0, 0.1) is 0 Å². The summed E-state index contributed by atoms with van der Waals surface area (Å²) < 4.78 is 12.6. The number of nitrogens with zero attached hydrogens (tertiary/aromatic N) is 2. The summed E-state index contributed by atoms with van der Waals surface area (Å²) in [5, 5.41) is 2.96. The maximum Gasteiger partial charge on any atom is 0.220 e. The zero-order valence-corrected chi connectivity index (χ0v) is 15.1. The number of fused-ring (bicyclic) bond motifs is 1. The third kappa shape index (κ3) is 4.33. The molecule has 1 N–H and O–H groups in total. The fraction of sp³-hybridized carbons (Fsp3) is 0.300. The number of hydrogen-bond acceptors (Lipinski definition) is 4. The lowest BCUT2D eigenvalue weighted by Gasteiger charge is -2.09. The Labute approximate surface area is 152 Å². The molecule has 3 aromatic rings. The summed E-state index contributed by atoms with van der Waals surface area (Å²) in [7, 11) is 3.23. The Hall–Kier alpha value is -3.02. The van der Waals surface area contributed by atoms with Crippen LogP contribution >= 0.6 is 0 Å². The molecule has 6 heteroatoms. The molecule has 0 fully saturated rings. The fourth-order valence-electron chi connectivity index (χ4n) is 2.86. The normalized spacial score (nSPS) is 10.7. The van der Waals surface area contributed by atoms with Crippen molar-refractivity contribution in [1.29, 1.82) is 0 Å². The first kappa shape index (κ1) is 17.8. The Balaban J connectivity index is 1.49. The highest BCUT2D eigenvalue weighted by molar-refractivity contribution is 5.76. The molecule has 0 aliphatic carbocycles. The second-order valence-electron chi connectivity index (χ2n) is 6.00. The average Bonchev–Trinajstić information content (AvgIpc) is 3.09. The molecule has 26 heavy (non-hydrogen) atoms. The highest BCUT2D eigenvalue weighted by Crippen LogP contribution is 2.23. The molecule has 0 bridgehead atoms. The minimum atomic E-state index is 0.0243. The van der Waals surface area contributed by atoms with Crippen LogP contribution in [0.2, 0.25) is 0 Å². The molecule has 3 rings (SSSR count).